The second-order valence-electron chi connectivity index (χ2n) is 6.44. The third-order valence-electron chi connectivity index (χ3n) is 4.47. The van der Waals surface area contributed by atoms with Gasteiger partial charge in [-0.3, -0.25) is 4.68 Å². The Hall–Kier alpha value is -2.34. The van der Waals surface area contributed by atoms with Crippen LogP contribution in [0, 0.1) is 20.8 Å². The Balaban J connectivity index is 1.68. The molecule has 25 heavy (non-hydrogen) atoms. The van der Waals surface area contributed by atoms with E-state index in [1.807, 2.05) is 49.8 Å². The van der Waals surface area contributed by atoms with Gasteiger partial charge in [0.1, 0.15) is 0 Å². The van der Waals surface area contributed by atoms with Gasteiger partial charge in [0.2, 0.25) is 0 Å². The van der Waals surface area contributed by atoms with Crippen molar-refractivity contribution in [2.75, 3.05) is 13.1 Å². The molecule has 136 valence electrons. The molecule has 6 nitrogen and oxygen atoms in total. The number of benzene rings is 1. The Morgan fingerprint density at radius 1 is 1.20 bits per heavy atom. The van der Waals surface area contributed by atoms with Crippen LogP contribution in [0.1, 0.15) is 40.6 Å². The molecule has 1 aromatic heterocycles. The summed E-state index contributed by atoms with van der Waals surface area (Å²) in [6.07, 6.45) is 1.03. The normalized spacial score (nSPS) is 12.0. The second kappa shape index (κ2) is 8.67. The molecule has 1 heterocycles. The highest BCUT2D eigenvalue weighted by atomic mass is 16.3. The van der Waals surface area contributed by atoms with Gasteiger partial charge in [-0.25, -0.2) is 4.79 Å². The number of carbonyl (C=O) groups excluding carboxylic acids is 1. The molecule has 0 saturated heterocycles. The number of hydrogen-bond acceptors (Lipinski definition) is 3. The first-order valence-electron chi connectivity index (χ1n) is 8.64. The number of aliphatic hydroxyl groups is 1. The highest BCUT2D eigenvalue weighted by Crippen LogP contribution is 2.14. The van der Waals surface area contributed by atoms with E-state index in [4.69, 9.17) is 0 Å². The molecule has 0 fully saturated rings. The Morgan fingerprint density at radius 3 is 2.48 bits per heavy atom. The standard InChI is InChI=1S/C19H28N4O2/c1-13-7-9-16(10-8-13)18(24)12-21-19(25)20-11-5-6-17-14(2)22-23(4)15(17)3/h7-10,18,24H,5-6,11-12H2,1-4H3,(H2,20,21,25). The first-order chi connectivity index (χ1) is 11.9. The van der Waals surface area contributed by atoms with Crippen molar-refractivity contribution in [3.05, 3.63) is 52.3 Å². The minimum atomic E-state index is -0.702. The number of rotatable bonds is 7. The summed E-state index contributed by atoms with van der Waals surface area (Å²) in [5, 5.41) is 20.0. The lowest BCUT2D eigenvalue weighted by molar-refractivity contribution is 0.173. The van der Waals surface area contributed by atoms with Gasteiger partial charge in [-0.05, 0) is 44.7 Å². The Kier molecular flexibility index (Phi) is 6.58. The molecule has 0 aliphatic carbocycles. The number of nitrogens with zero attached hydrogens (tertiary/aromatic N) is 2. The minimum absolute atomic E-state index is 0.190. The van der Waals surface area contributed by atoms with Crippen LogP contribution >= 0.6 is 0 Å². The lowest BCUT2D eigenvalue weighted by atomic mass is 10.1. The monoisotopic (exact) mass is 344 g/mol. The lowest BCUT2D eigenvalue weighted by Gasteiger charge is -2.13. The van der Waals surface area contributed by atoms with Gasteiger partial charge in [0.25, 0.3) is 0 Å². The first-order valence-corrected chi connectivity index (χ1v) is 8.64. The molecule has 2 rings (SSSR count). The summed E-state index contributed by atoms with van der Waals surface area (Å²) >= 11 is 0. The highest BCUT2D eigenvalue weighted by Gasteiger charge is 2.10. The summed E-state index contributed by atoms with van der Waals surface area (Å²) < 4.78 is 1.89. The van der Waals surface area contributed by atoms with E-state index in [9.17, 15) is 9.90 Å². The van der Waals surface area contributed by atoms with Crippen LogP contribution in [0.2, 0.25) is 0 Å². The molecule has 6 heteroatoms. The number of aliphatic hydroxyl groups excluding tert-OH is 1. The number of aryl methyl sites for hydroxylation is 3. The molecule has 1 atom stereocenters. The van der Waals surface area contributed by atoms with Crippen LogP contribution in [0.3, 0.4) is 0 Å². The van der Waals surface area contributed by atoms with Crippen LogP contribution in [-0.4, -0.2) is 34.0 Å². The molecular formula is C19H28N4O2. The van der Waals surface area contributed by atoms with Gasteiger partial charge < -0.3 is 15.7 Å². The summed E-state index contributed by atoms with van der Waals surface area (Å²) in [6.45, 7) is 6.84. The minimum Gasteiger partial charge on any atom is -0.387 e. The van der Waals surface area contributed by atoms with Crippen molar-refractivity contribution in [1.82, 2.24) is 20.4 Å². The van der Waals surface area contributed by atoms with E-state index in [1.54, 1.807) is 0 Å². The number of nitrogens with one attached hydrogen (secondary N) is 2. The maximum absolute atomic E-state index is 11.8. The van der Waals surface area contributed by atoms with Crippen molar-refractivity contribution in [3.8, 4) is 0 Å². The van der Waals surface area contributed by atoms with Crippen LogP contribution in [0.4, 0.5) is 4.79 Å². The zero-order chi connectivity index (χ0) is 18.4. The lowest BCUT2D eigenvalue weighted by Crippen LogP contribution is -2.38. The average molecular weight is 344 g/mol. The average Bonchev–Trinajstić information content (AvgIpc) is 2.82. The zero-order valence-corrected chi connectivity index (χ0v) is 15.5. The van der Waals surface area contributed by atoms with E-state index in [1.165, 1.54) is 11.3 Å². The Morgan fingerprint density at radius 2 is 1.88 bits per heavy atom. The molecule has 2 aromatic rings. The Labute approximate surface area is 149 Å². The number of aromatic nitrogens is 2. The predicted octanol–water partition coefficient (Wildman–Crippen LogP) is 2.31. The van der Waals surface area contributed by atoms with Crippen LogP contribution < -0.4 is 10.6 Å². The van der Waals surface area contributed by atoms with Crippen LogP contribution in [0.25, 0.3) is 0 Å². The van der Waals surface area contributed by atoms with Crippen molar-refractivity contribution in [1.29, 1.82) is 0 Å². The summed E-state index contributed by atoms with van der Waals surface area (Å²) in [6, 6.07) is 7.38. The molecule has 0 saturated carbocycles. The van der Waals surface area contributed by atoms with E-state index < -0.39 is 6.10 Å². The van der Waals surface area contributed by atoms with Crippen molar-refractivity contribution < 1.29 is 9.90 Å². The van der Waals surface area contributed by atoms with Gasteiger partial charge in [0.15, 0.2) is 0 Å². The van der Waals surface area contributed by atoms with Crippen molar-refractivity contribution in [3.63, 3.8) is 0 Å². The van der Waals surface area contributed by atoms with E-state index in [-0.39, 0.29) is 12.6 Å². The summed E-state index contributed by atoms with van der Waals surface area (Å²) in [5.74, 6) is 0. The quantitative estimate of drug-likeness (QED) is 0.675. The third kappa shape index (κ3) is 5.32. The highest BCUT2D eigenvalue weighted by molar-refractivity contribution is 5.73. The van der Waals surface area contributed by atoms with E-state index in [0.717, 1.165) is 29.7 Å². The Bertz CT molecular complexity index is 707. The molecule has 0 bridgehead atoms. The first kappa shape index (κ1) is 19.0. The maximum Gasteiger partial charge on any atom is 0.314 e. The number of carbonyl (C=O) groups is 1. The van der Waals surface area contributed by atoms with E-state index in [2.05, 4.69) is 22.7 Å². The number of amides is 2. The maximum atomic E-state index is 11.8. The van der Waals surface area contributed by atoms with Gasteiger partial charge in [0, 0.05) is 25.8 Å². The summed E-state index contributed by atoms with van der Waals surface area (Å²) in [5.41, 5.74) is 5.41. The molecule has 0 spiro atoms. The predicted molar refractivity (Wildman–Crippen MR) is 98.5 cm³/mol. The SMILES string of the molecule is Cc1ccc(C(O)CNC(=O)NCCCc2c(C)nn(C)c2C)cc1. The van der Waals surface area contributed by atoms with E-state index >= 15 is 0 Å². The summed E-state index contributed by atoms with van der Waals surface area (Å²) in [4.78, 5) is 11.8. The number of hydrogen-bond donors (Lipinski definition) is 3. The van der Waals surface area contributed by atoms with Gasteiger partial charge >= 0.3 is 6.03 Å². The smallest absolute Gasteiger partial charge is 0.314 e. The number of urea groups is 1. The third-order valence-corrected chi connectivity index (χ3v) is 4.47. The molecule has 1 unspecified atom stereocenters. The van der Waals surface area contributed by atoms with Gasteiger partial charge in [-0.1, -0.05) is 29.8 Å². The van der Waals surface area contributed by atoms with Crippen molar-refractivity contribution in [2.24, 2.45) is 7.05 Å². The van der Waals surface area contributed by atoms with E-state index in [0.29, 0.717) is 6.54 Å². The second-order valence-corrected chi connectivity index (χ2v) is 6.44. The van der Waals surface area contributed by atoms with Crippen LogP contribution in [-0.2, 0) is 13.5 Å². The molecule has 0 radical (unpaired) electrons. The summed E-state index contributed by atoms with van der Waals surface area (Å²) in [7, 11) is 1.94. The molecule has 2 amide bonds. The fraction of sp³-hybridized carbons (Fsp3) is 0.474. The van der Waals surface area contributed by atoms with Gasteiger partial charge in [-0.2, -0.15) is 5.10 Å². The van der Waals surface area contributed by atoms with Crippen molar-refractivity contribution >= 4 is 6.03 Å². The van der Waals surface area contributed by atoms with Crippen LogP contribution in [0.15, 0.2) is 24.3 Å². The molecule has 0 aliphatic heterocycles. The van der Waals surface area contributed by atoms with Gasteiger partial charge in [-0.15, -0.1) is 0 Å². The molecule has 1 aromatic carbocycles. The fourth-order valence-electron chi connectivity index (χ4n) is 2.80. The van der Waals surface area contributed by atoms with Crippen LogP contribution in [0.5, 0.6) is 0 Å². The molecule has 0 aliphatic rings. The molecule has 3 N–H and O–H groups in total. The largest absolute Gasteiger partial charge is 0.387 e. The topological polar surface area (TPSA) is 79.2 Å². The fourth-order valence-corrected chi connectivity index (χ4v) is 2.80. The molecular weight excluding hydrogens is 316 g/mol. The zero-order valence-electron chi connectivity index (χ0n) is 15.5. The van der Waals surface area contributed by atoms with Crippen molar-refractivity contribution in [2.45, 2.75) is 39.7 Å². The van der Waals surface area contributed by atoms with Gasteiger partial charge in [0.05, 0.1) is 11.8 Å².